The fourth-order valence-corrected chi connectivity index (χ4v) is 3.23. The number of nitro benzene ring substituents is 2. The molecule has 0 aromatic heterocycles. The van der Waals surface area contributed by atoms with E-state index in [1.165, 1.54) is 0 Å². The van der Waals surface area contributed by atoms with Crippen LogP contribution in [0, 0.1) is 20.2 Å². The summed E-state index contributed by atoms with van der Waals surface area (Å²) in [5.74, 6) is -0.861. The van der Waals surface area contributed by atoms with Gasteiger partial charge in [0.15, 0.2) is 0 Å². The third kappa shape index (κ3) is 3.68. The number of benzene rings is 2. The Bertz CT molecular complexity index is 971. The lowest BCUT2D eigenvalue weighted by atomic mass is 9.98. The highest BCUT2D eigenvalue weighted by Crippen LogP contribution is 2.38. The number of rotatable bonds is 5. The third-order valence-corrected chi connectivity index (χ3v) is 4.56. The number of ether oxygens (including phenoxy) is 1. The number of nitro groups is 2. The highest BCUT2D eigenvalue weighted by atomic mass is 16.6. The van der Waals surface area contributed by atoms with Gasteiger partial charge in [0.25, 0.3) is 11.4 Å². The van der Waals surface area contributed by atoms with Crippen molar-refractivity contribution in [2.45, 2.75) is 6.42 Å². The van der Waals surface area contributed by atoms with Gasteiger partial charge in [-0.05, 0) is 17.6 Å². The SMILES string of the molecule is COC(=O)c1cc([N+](=O)[O-])cc([N+](=O)[O-])c1N1CC=C(c2ccccc2)CC1. The first kappa shape index (κ1) is 19.0. The first-order valence-electron chi connectivity index (χ1n) is 8.47. The molecule has 0 unspecified atom stereocenters. The Hall–Kier alpha value is -3.75. The predicted octanol–water partition coefficient (Wildman–Crippen LogP) is 3.58. The molecule has 0 amide bonds. The van der Waals surface area contributed by atoms with Gasteiger partial charge in [-0.3, -0.25) is 20.2 Å². The summed E-state index contributed by atoms with van der Waals surface area (Å²) >= 11 is 0. The Morgan fingerprint density at radius 2 is 1.82 bits per heavy atom. The van der Waals surface area contributed by atoms with Gasteiger partial charge < -0.3 is 9.64 Å². The van der Waals surface area contributed by atoms with Crippen LogP contribution in [0.25, 0.3) is 5.57 Å². The summed E-state index contributed by atoms with van der Waals surface area (Å²) in [5.41, 5.74) is 0.972. The van der Waals surface area contributed by atoms with Crippen molar-refractivity contribution >= 4 is 28.6 Å². The first-order valence-corrected chi connectivity index (χ1v) is 8.47. The minimum absolute atomic E-state index is 0.0332. The van der Waals surface area contributed by atoms with Crippen molar-refractivity contribution in [2.75, 3.05) is 25.1 Å². The molecule has 2 aromatic rings. The van der Waals surface area contributed by atoms with E-state index in [9.17, 15) is 25.0 Å². The van der Waals surface area contributed by atoms with Gasteiger partial charge in [-0.1, -0.05) is 36.4 Å². The van der Waals surface area contributed by atoms with Gasteiger partial charge in [0.05, 0.1) is 28.6 Å². The Kier molecular flexibility index (Phi) is 5.35. The van der Waals surface area contributed by atoms with Gasteiger partial charge in [0.1, 0.15) is 5.69 Å². The molecule has 1 aliphatic rings. The molecular weight excluding hydrogens is 366 g/mol. The zero-order chi connectivity index (χ0) is 20.3. The van der Waals surface area contributed by atoms with Gasteiger partial charge >= 0.3 is 5.97 Å². The molecule has 0 spiro atoms. The maximum Gasteiger partial charge on any atom is 0.340 e. The van der Waals surface area contributed by atoms with Crippen LogP contribution in [0.4, 0.5) is 17.1 Å². The van der Waals surface area contributed by atoms with Crippen molar-refractivity contribution in [3.05, 3.63) is 79.9 Å². The molecule has 3 rings (SSSR count). The van der Waals surface area contributed by atoms with Crippen molar-refractivity contribution in [3.8, 4) is 0 Å². The molecule has 0 N–H and O–H groups in total. The second-order valence-electron chi connectivity index (χ2n) is 6.16. The van der Waals surface area contributed by atoms with Gasteiger partial charge in [-0.25, -0.2) is 4.79 Å². The zero-order valence-corrected chi connectivity index (χ0v) is 15.0. The lowest BCUT2D eigenvalue weighted by Crippen LogP contribution is -2.30. The smallest absolute Gasteiger partial charge is 0.340 e. The van der Waals surface area contributed by atoms with E-state index < -0.39 is 27.2 Å². The summed E-state index contributed by atoms with van der Waals surface area (Å²) in [7, 11) is 1.13. The zero-order valence-electron chi connectivity index (χ0n) is 15.0. The number of hydrogen-bond acceptors (Lipinski definition) is 7. The van der Waals surface area contributed by atoms with Crippen LogP contribution < -0.4 is 4.90 Å². The fourth-order valence-electron chi connectivity index (χ4n) is 3.23. The molecule has 0 saturated carbocycles. The van der Waals surface area contributed by atoms with E-state index >= 15 is 0 Å². The van der Waals surface area contributed by atoms with E-state index in [4.69, 9.17) is 4.74 Å². The molecule has 9 heteroatoms. The van der Waals surface area contributed by atoms with E-state index in [0.717, 1.165) is 30.4 Å². The lowest BCUT2D eigenvalue weighted by molar-refractivity contribution is -0.393. The molecule has 1 heterocycles. The molecule has 144 valence electrons. The second-order valence-corrected chi connectivity index (χ2v) is 6.16. The molecule has 0 atom stereocenters. The third-order valence-electron chi connectivity index (χ3n) is 4.56. The predicted molar refractivity (Wildman–Crippen MR) is 102 cm³/mol. The average Bonchev–Trinajstić information content (AvgIpc) is 2.72. The molecule has 28 heavy (non-hydrogen) atoms. The monoisotopic (exact) mass is 383 g/mol. The number of carbonyl (C=O) groups excluding carboxylic acids is 1. The summed E-state index contributed by atoms with van der Waals surface area (Å²) in [5, 5.41) is 22.7. The number of carbonyl (C=O) groups is 1. The standard InChI is InChI=1S/C19H17N3O6/c1-28-19(23)16-11-15(21(24)25)12-17(22(26)27)18(16)20-9-7-14(8-10-20)13-5-3-2-4-6-13/h2-7,11-12H,8-10H2,1H3. The van der Waals surface area contributed by atoms with E-state index in [1.54, 1.807) is 4.90 Å². The van der Waals surface area contributed by atoms with Crippen LogP contribution in [-0.4, -0.2) is 36.0 Å². The van der Waals surface area contributed by atoms with Crippen LogP contribution in [-0.2, 0) is 4.74 Å². The average molecular weight is 383 g/mol. The maximum atomic E-state index is 12.2. The van der Waals surface area contributed by atoms with Crippen LogP contribution in [0.3, 0.4) is 0 Å². The molecule has 0 fully saturated rings. The van der Waals surface area contributed by atoms with Crippen molar-refractivity contribution in [3.63, 3.8) is 0 Å². The van der Waals surface area contributed by atoms with Crippen LogP contribution in [0.5, 0.6) is 0 Å². The topological polar surface area (TPSA) is 116 Å². The van der Waals surface area contributed by atoms with Crippen LogP contribution in [0.15, 0.2) is 48.5 Å². The Morgan fingerprint density at radius 3 is 2.36 bits per heavy atom. The highest BCUT2D eigenvalue weighted by molar-refractivity contribution is 5.99. The van der Waals surface area contributed by atoms with Crippen molar-refractivity contribution < 1.29 is 19.4 Å². The van der Waals surface area contributed by atoms with E-state index in [0.29, 0.717) is 19.5 Å². The number of anilines is 1. The number of esters is 1. The highest BCUT2D eigenvalue weighted by Gasteiger charge is 2.32. The molecule has 9 nitrogen and oxygen atoms in total. The van der Waals surface area contributed by atoms with Gasteiger partial charge in [0.2, 0.25) is 0 Å². The maximum absolute atomic E-state index is 12.2. The minimum Gasteiger partial charge on any atom is -0.465 e. The fraction of sp³-hybridized carbons (Fsp3) is 0.211. The van der Waals surface area contributed by atoms with Crippen molar-refractivity contribution in [2.24, 2.45) is 0 Å². The molecular formula is C19H17N3O6. The summed E-state index contributed by atoms with van der Waals surface area (Å²) in [6, 6.07) is 11.6. The van der Waals surface area contributed by atoms with E-state index in [-0.39, 0.29) is 11.3 Å². The molecule has 1 aliphatic heterocycles. The van der Waals surface area contributed by atoms with E-state index in [2.05, 4.69) is 0 Å². The number of methoxy groups -OCH3 is 1. The Labute approximate surface area is 160 Å². The lowest BCUT2D eigenvalue weighted by Gasteiger charge is -2.29. The number of hydrogen-bond donors (Lipinski definition) is 0. The van der Waals surface area contributed by atoms with Crippen LogP contribution in [0.2, 0.25) is 0 Å². The number of nitrogens with zero attached hydrogens (tertiary/aromatic N) is 3. The molecule has 0 radical (unpaired) electrons. The molecule has 0 saturated heterocycles. The normalized spacial score (nSPS) is 13.6. The Balaban J connectivity index is 2.06. The summed E-state index contributed by atoms with van der Waals surface area (Å²) < 4.78 is 4.70. The largest absolute Gasteiger partial charge is 0.465 e. The number of non-ortho nitro benzene ring substituents is 1. The van der Waals surface area contributed by atoms with Gasteiger partial charge in [-0.15, -0.1) is 0 Å². The van der Waals surface area contributed by atoms with Gasteiger partial charge in [0, 0.05) is 19.2 Å². The van der Waals surface area contributed by atoms with Crippen LogP contribution >= 0.6 is 0 Å². The minimum atomic E-state index is -0.861. The summed E-state index contributed by atoms with van der Waals surface area (Å²) in [6.07, 6.45) is 2.55. The van der Waals surface area contributed by atoms with Gasteiger partial charge in [-0.2, -0.15) is 0 Å². The quantitative estimate of drug-likeness (QED) is 0.440. The first-order chi connectivity index (χ1) is 13.4. The Morgan fingerprint density at radius 1 is 1.11 bits per heavy atom. The summed E-state index contributed by atoms with van der Waals surface area (Å²) in [6.45, 7) is 0.746. The molecule has 2 aromatic carbocycles. The van der Waals surface area contributed by atoms with Crippen molar-refractivity contribution in [1.29, 1.82) is 0 Å². The second kappa shape index (κ2) is 7.87. The van der Waals surface area contributed by atoms with Crippen LogP contribution in [0.1, 0.15) is 22.3 Å². The summed E-state index contributed by atoms with van der Waals surface area (Å²) in [4.78, 5) is 35.1. The van der Waals surface area contributed by atoms with E-state index in [1.807, 2.05) is 36.4 Å². The van der Waals surface area contributed by atoms with Crippen molar-refractivity contribution in [1.82, 2.24) is 0 Å². The molecule has 0 bridgehead atoms. The molecule has 0 aliphatic carbocycles.